The molecule has 0 amide bonds. The maximum atomic E-state index is 13.3. The van der Waals surface area contributed by atoms with Gasteiger partial charge in [0.1, 0.15) is 5.82 Å². The Bertz CT molecular complexity index is 901. The SMILES string of the molecule is FC(F)(F)c1cc2c(C(F)(F)F)cccc2nc1Nc1ccccc1. The molecule has 0 aliphatic rings. The number of rotatable bonds is 2. The van der Waals surface area contributed by atoms with E-state index < -0.39 is 34.7 Å². The maximum Gasteiger partial charge on any atom is 0.419 e. The number of aromatic nitrogens is 1. The predicted molar refractivity (Wildman–Crippen MR) is 81.5 cm³/mol. The van der Waals surface area contributed by atoms with E-state index in [9.17, 15) is 26.3 Å². The fourth-order valence-electron chi connectivity index (χ4n) is 2.41. The Balaban J connectivity index is 2.23. The second-order valence-electron chi connectivity index (χ2n) is 5.24. The van der Waals surface area contributed by atoms with Gasteiger partial charge in [-0.15, -0.1) is 0 Å². The molecular formula is C17H10F6N2. The Kier molecular flexibility index (Phi) is 4.06. The molecule has 0 fully saturated rings. The van der Waals surface area contributed by atoms with Gasteiger partial charge >= 0.3 is 12.4 Å². The van der Waals surface area contributed by atoms with Crippen LogP contribution in [0.4, 0.5) is 37.8 Å². The molecule has 1 N–H and O–H groups in total. The summed E-state index contributed by atoms with van der Waals surface area (Å²) in [7, 11) is 0. The van der Waals surface area contributed by atoms with Crippen molar-refractivity contribution < 1.29 is 26.3 Å². The highest BCUT2D eigenvalue weighted by molar-refractivity contribution is 5.86. The van der Waals surface area contributed by atoms with Crippen LogP contribution in [0.5, 0.6) is 0 Å². The molecule has 2 aromatic carbocycles. The van der Waals surface area contributed by atoms with E-state index in [0.717, 1.165) is 12.1 Å². The lowest BCUT2D eigenvalue weighted by atomic mass is 10.0. The molecule has 8 heteroatoms. The number of para-hydroxylation sites is 1. The number of hydrogen-bond acceptors (Lipinski definition) is 2. The van der Waals surface area contributed by atoms with Gasteiger partial charge in [-0.2, -0.15) is 26.3 Å². The summed E-state index contributed by atoms with van der Waals surface area (Å²) in [6.45, 7) is 0. The molecule has 0 saturated carbocycles. The van der Waals surface area contributed by atoms with Crippen LogP contribution < -0.4 is 5.32 Å². The van der Waals surface area contributed by atoms with Crippen molar-refractivity contribution in [2.75, 3.05) is 5.32 Å². The Morgan fingerprint density at radius 1 is 0.720 bits per heavy atom. The Morgan fingerprint density at radius 3 is 1.96 bits per heavy atom. The van der Waals surface area contributed by atoms with Gasteiger partial charge in [-0.05, 0) is 30.3 Å². The van der Waals surface area contributed by atoms with Gasteiger partial charge in [-0.25, -0.2) is 4.98 Å². The topological polar surface area (TPSA) is 24.9 Å². The van der Waals surface area contributed by atoms with Crippen molar-refractivity contribution >= 4 is 22.4 Å². The van der Waals surface area contributed by atoms with Gasteiger partial charge in [0.15, 0.2) is 0 Å². The zero-order valence-electron chi connectivity index (χ0n) is 12.4. The Morgan fingerprint density at radius 2 is 1.36 bits per heavy atom. The number of hydrogen-bond donors (Lipinski definition) is 1. The number of fused-ring (bicyclic) bond motifs is 1. The number of nitrogens with zero attached hydrogens (tertiary/aromatic N) is 1. The Labute approximate surface area is 138 Å². The second kappa shape index (κ2) is 5.94. The van der Waals surface area contributed by atoms with Crippen LogP contribution in [-0.2, 0) is 12.4 Å². The predicted octanol–water partition coefficient (Wildman–Crippen LogP) is 6.02. The first-order valence-corrected chi connectivity index (χ1v) is 7.06. The fraction of sp³-hybridized carbons (Fsp3) is 0.118. The molecule has 25 heavy (non-hydrogen) atoms. The zero-order chi connectivity index (χ0) is 18.2. The first-order chi connectivity index (χ1) is 11.7. The highest BCUT2D eigenvalue weighted by Gasteiger charge is 2.37. The van der Waals surface area contributed by atoms with E-state index in [1.807, 2.05) is 0 Å². The molecule has 130 valence electrons. The van der Waals surface area contributed by atoms with Crippen LogP contribution >= 0.6 is 0 Å². The number of halogens is 6. The monoisotopic (exact) mass is 356 g/mol. The first-order valence-electron chi connectivity index (χ1n) is 7.06. The van der Waals surface area contributed by atoms with Crippen molar-refractivity contribution in [1.82, 2.24) is 4.98 Å². The van der Waals surface area contributed by atoms with Crippen molar-refractivity contribution in [2.24, 2.45) is 0 Å². The summed E-state index contributed by atoms with van der Waals surface area (Å²) < 4.78 is 79.2. The molecule has 1 aromatic heterocycles. The quantitative estimate of drug-likeness (QED) is 0.568. The molecule has 0 aliphatic heterocycles. The van der Waals surface area contributed by atoms with Gasteiger partial charge in [0.2, 0.25) is 0 Å². The van der Waals surface area contributed by atoms with Crippen LogP contribution in [0, 0.1) is 0 Å². The fourth-order valence-corrected chi connectivity index (χ4v) is 2.41. The summed E-state index contributed by atoms with van der Waals surface area (Å²) in [5, 5.41) is 1.92. The van der Waals surface area contributed by atoms with Crippen LogP contribution in [0.3, 0.4) is 0 Å². The van der Waals surface area contributed by atoms with Crippen molar-refractivity contribution in [2.45, 2.75) is 12.4 Å². The highest BCUT2D eigenvalue weighted by atomic mass is 19.4. The lowest BCUT2D eigenvalue weighted by Gasteiger charge is -2.17. The Hall–Kier alpha value is -2.77. The average molecular weight is 356 g/mol. The molecule has 2 nitrogen and oxygen atoms in total. The summed E-state index contributed by atoms with van der Waals surface area (Å²) in [6, 6.07) is 11.5. The molecule has 0 unspecified atom stereocenters. The summed E-state index contributed by atoms with van der Waals surface area (Å²) in [6.07, 6.45) is -9.64. The van der Waals surface area contributed by atoms with Crippen molar-refractivity contribution in [3.8, 4) is 0 Å². The van der Waals surface area contributed by atoms with Gasteiger partial charge < -0.3 is 5.32 Å². The molecule has 0 spiro atoms. The molecule has 0 bridgehead atoms. The zero-order valence-corrected chi connectivity index (χ0v) is 12.4. The molecule has 0 aliphatic carbocycles. The van der Waals surface area contributed by atoms with Crippen LogP contribution in [0.1, 0.15) is 11.1 Å². The first kappa shape index (κ1) is 17.1. The van der Waals surface area contributed by atoms with Gasteiger partial charge in [-0.3, -0.25) is 0 Å². The molecule has 1 heterocycles. The third kappa shape index (κ3) is 3.52. The number of alkyl halides is 6. The standard InChI is InChI=1S/C17H10F6N2/c18-16(19,20)12-7-4-8-14-11(12)9-13(17(21,22)23)15(25-14)24-10-5-2-1-3-6-10/h1-9H,(H,24,25). The van der Waals surface area contributed by atoms with E-state index >= 15 is 0 Å². The number of anilines is 2. The number of nitrogens with one attached hydrogen (secondary N) is 1. The lowest BCUT2D eigenvalue weighted by molar-refractivity contribution is -0.138. The maximum absolute atomic E-state index is 13.3. The van der Waals surface area contributed by atoms with Crippen LogP contribution in [0.15, 0.2) is 54.6 Å². The molecule has 0 saturated heterocycles. The van der Waals surface area contributed by atoms with Crippen LogP contribution in [0.25, 0.3) is 10.9 Å². The second-order valence-corrected chi connectivity index (χ2v) is 5.24. The molecular weight excluding hydrogens is 346 g/mol. The smallest absolute Gasteiger partial charge is 0.340 e. The van der Waals surface area contributed by atoms with E-state index in [-0.39, 0.29) is 5.52 Å². The van der Waals surface area contributed by atoms with Crippen LogP contribution in [0.2, 0.25) is 0 Å². The molecule has 0 atom stereocenters. The summed E-state index contributed by atoms with van der Waals surface area (Å²) in [4.78, 5) is 3.78. The van der Waals surface area contributed by atoms with Gasteiger partial charge in [0.05, 0.1) is 16.6 Å². The van der Waals surface area contributed by atoms with Gasteiger partial charge in [0.25, 0.3) is 0 Å². The molecule has 3 aromatic rings. The normalized spacial score (nSPS) is 12.4. The van der Waals surface area contributed by atoms with E-state index in [1.165, 1.54) is 18.2 Å². The minimum absolute atomic E-state index is 0.179. The van der Waals surface area contributed by atoms with Crippen LogP contribution in [-0.4, -0.2) is 4.98 Å². The van der Waals surface area contributed by atoms with Crippen molar-refractivity contribution in [3.63, 3.8) is 0 Å². The van der Waals surface area contributed by atoms with Gasteiger partial charge in [-0.1, -0.05) is 24.3 Å². The van der Waals surface area contributed by atoms with Gasteiger partial charge in [0, 0.05) is 11.1 Å². The van der Waals surface area contributed by atoms with E-state index in [4.69, 9.17) is 0 Å². The molecule has 0 radical (unpaired) electrons. The van der Waals surface area contributed by atoms with E-state index in [0.29, 0.717) is 11.8 Å². The molecule has 3 rings (SSSR count). The lowest BCUT2D eigenvalue weighted by Crippen LogP contribution is -2.12. The number of pyridine rings is 1. The average Bonchev–Trinajstić information content (AvgIpc) is 2.52. The largest absolute Gasteiger partial charge is 0.419 e. The minimum atomic E-state index is -4.86. The summed E-state index contributed by atoms with van der Waals surface area (Å²) in [5.41, 5.74) is -2.26. The van der Waals surface area contributed by atoms with Crippen molar-refractivity contribution in [3.05, 3.63) is 65.7 Å². The minimum Gasteiger partial charge on any atom is -0.340 e. The third-order valence-electron chi connectivity index (χ3n) is 3.51. The summed E-state index contributed by atoms with van der Waals surface area (Å²) in [5.74, 6) is -0.550. The van der Waals surface area contributed by atoms with Crippen molar-refractivity contribution in [1.29, 1.82) is 0 Å². The number of benzene rings is 2. The summed E-state index contributed by atoms with van der Waals surface area (Å²) >= 11 is 0. The highest BCUT2D eigenvalue weighted by Crippen LogP contribution is 2.40. The van der Waals surface area contributed by atoms with E-state index in [1.54, 1.807) is 18.2 Å². The van der Waals surface area contributed by atoms with E-state index in [2.05, 4.69) is 10.3 Å². The third-order valence-corrected chi connectivity index (χ3v) is 3.51.